The summed E-state index contributed by atoms with van der Waals surface area (Å²) in [5, 5.41) is 0. The minimum atomic E-state index is 0.232. The molecule has 0 aromatic heterocycles. The van der Waals surface area contributed by atoms with Crippen molar-refractivity contribution < 1.29 is 0 Å². The second kappa shape index (κ2) is 7.44. The van der Waals surface area contributed by atoms with Gasteiger partial charge in [0.15, 0.2) is 0 Å². The maximum absolute atomic E-state index is 2.82. The highest BCUT2D eigenvalue weighted by Crippen LogP contribution is 2.30. The molecule has 1 heteroatoms. The molecule has 1 rings (SSSR count). The SMILES string of the molecule is CC(C)(C)c1cc(CP)cc(C(C)(C)C)c1.CCC. The molecule has 0 aliphatic heterocycles. The molecule has 0 amide bonds. The number of hydrogen-bond donors (Lipinski definition) is 0. The Bertz CT molecular complexity index is 345. The monoisotopic (exact) mass is 280 g/mol. The molecule has 0 spiro atoms. The molecule has 0 saturated carbocycles. The zero-order chi connectivity index (χ0) is 15.3. The predicted molar refractivity (Wildman–Crippen MR) is 93.2 cm³/mol. The Hall–Kier alpha value is -0.350. The topological polar surface area (TPSA) is 0 Å². The first-order valence-electron chi connectivity index (χ1n) is 7.41. The van der Waals surface area contributed by atoms with Crippen molar-refractivity contribution in [3.8, 4) is 0 Å². The maximum atomic E-state index is 2.82. The molecule has 0 radical (unpaired) electrons. The summed E-state index contributed by atoms with van der Waals surface area (Å²) in [6, 6.07) is 7.04. The lowest BCUT2D eigenvalue weighted by Crippen LogP contribution is -2.16. The first-order valence-corrected chi connectivity index (χ1v) is 8.22. The van der Waals surface area contributed by atoms with E-state index >= 15 is 0 Å². The van der Waals surface area contributed by atoms with Crippen LogP contribution in [-0.4, -0.2) is 0 Å². The van der Waals surface area contributed by atoms with Crippen LogP contribution in [0.25, 0.3) is 0 Å². The van der Waals surface area contributed by atoms with Gasteiger partial charge in [0.2, 0.25) is 0 Å². The van der Waals surface area contributed by atoms with Gasteiger partial charge in [0.05, 0.1) is 0 Å². The van der Waals surface area contributed by atoms with E-state index in [0.717, 1.165) is 6.16 Å². The Morgan fingerprint density at radius 2 is 1.11 bits per heavy atom. The van der Waals surface area contributed by atoms with Gasteiger partial charge in [0.1, 0.15) is 0 Å². The average Bonchev–Trinajstić information content (AvgIpc) is 2.27. The third kappa shape index (κ3) is 6.57. The molecule has 1 aromatic carbocycles. The largest absolute Gasteiger partial charge is 0.133 e. The lowest BCUT2D eigenvalue weighted by molar-refractivity contribution is 0.567. The van der Waals surface area contributed by atoms with E-state index in [1.165, 1.54) is 23.1 Å². The first-order chi connectivity index (χ1) is 8.56. The molecule has 0 bridgehead atoms. The van der Waals surface area contributed by atoms with E-state index in [9.17, 15) is 0 Å². The Kier molecular flexibility index (Phi) is 7.30. The molecule has 0 saturated heterocycles. The molecule has 0 fully saturated rings. The molecule has 0 aliphatic carbocycles. The van der Waals surface area contributed by atoms with Crippen molar-refractivity contribution >= 4 is 9.24 Å². The van der Waals surface area contributed by atoms with Crippen molar-refractivity contribution in [2.24, 2.45) is 0 Å². The van der Waals surface area contributed by atoms with Gasteiger partial charge in [-0.1, -0.05) is 80.0 Å². The van der Waals surface area contributed by atoms with Crippen LogP contribution in [0.1, 0.15) is 78.5 Å². The van der Waals surface area contributed by atoms with Crippen molar-refractivity contribution in [3.05, 3.63) is 34.9 Å². The molecule has 19 heavy (non-hydrogen) atoms. The third-order valence-corrected chi connectivity index (χ3v) is 3.43. The normalized spacial score (nSPS) is 11.8. The summed E-state index contributed by atoms with van der Waals surface area (Å²) in [6.45, 7) is 17.9. The van der Waals surface area contributed by atoms with Crippen LogP contribution in [0, 0.1) is 0 Å². The van der Waals surface area contributed by atoms with E-state index in [0.29, 0.717) is 0 Å². The summed E-state index contributed by atoms with van der Waals surface area (Å²) in [5.74, 6) is 0. The Morgan fingerprint density at radius 3 is 1.32 bits per heavy atom. The van der Waals surface area contributed by atoms with Gasteiger partial charge in [0.25, 0.3) is 0 Å². The fraction of sp³-hybridized carbons (Fsp3) is 0.667. The summed E-state index contributed by atoms with van der Waals surface area (Å²) in [7, 11) is 2.82. The average molecular weight is 280 g/mol. The van der Waals surface area contributed by atoms with E-state index < -0.39 is 0 Å². The first kappa shape index (κ1) is 18.7. The van der Waals surface area contributed by atoms with Crippen LogP contribution in [0.5, 0.6) is 0 Å². The molecular formula is C18H33P. The smallest absolute Gasteiger partial charge is 0.0128 e. The van der Waals surface area contributed by atoms with E-state index in [1.807, 2.05) is 0 Å². The van der Waals surface area contributed by atoms with Crippen molar-refractivity contribution in [3.63, 3.8) is 0 Å². The molecule has 0 heterocycles. The molecule has 110 valence electrons. The predicted octanol–water partition coefficient (Wildman–Crippen LogP) is 6.07. The van der Waals surface area contributed by atoms with Gasteiger partial charge in [-0.25, -0.2) is 0 Å². The lowest BCUT2D eigenvalue weighted by atomic mass is 9.80. The van der Waals surface area contributed by atoms with E-state index in [2.05, 4.69) is 82.8 Å². The van der Waals surface area contributed by atoms with Crippen molar-refractivity contribution in [2.75, 3.05) is 0 Å². The van der Waals surface area contributed by atoms with Gasteiger partial charge in [-0.05, 0) is 33.7 Å². The van der Waals surface area contributed by atoms with Crippen molar-refractivity contribution in [2.45, 2.75) is 78.8 Å². The maximum Gasteiger partial charge on any atom is -0.0128 e. The van der Waals surface area contributed by atoms with E-state index in [-0.39, 0.29) is 10.8 Å². The highest BCUT2D eigenvalue weighted by Gasteiger charge is 2.19. The van der Waals surface area contributed by atoms with E-state index in [1.54, 1.807) is 0 Å². The Balaban J connectivity index is 0.000000982. The molecule has 1 unspecified atom stereocenters. The van der Waals surface area contributed by atoms with Crippen LogP contribution >= 0.6 is 9.24 Å². The third-order valence-electron chi connectivity index (χ3n) is 2.96. The quantitative estimate of drug-likeness (QED) is 0.547. The number of rotatable bonds is 1. The second-order valence-corrected chi connectivity index (χ2v) is 7.74. The van der Waals surface area contributed by atoms with Crippen LogP contribution in [0.2, 0.25) is 0 Å². The van der Waals surface area contributed by atoms with Crippen LogP contribution in [0.3, 0.4) is 0 Å². The minimum Gasteiger partial charge on any atom is -0.133 e. The highest BCUT2D eigenvalue weighted by molar-refractivity contribution is 7.15. The fourth-order valence-corrected chi connectivity index (χ4v) is 1.91. The van der Waals surface area contributed by atoms with Gasteiger partial charge in [-0.15, -0.1) is 9.24 Å². The van der Waals surface area contributed by atoms with Gasteiger partial charge in [-0.3, -0.25) is 0 Å². The molecule has 1 atom stereocenters. The fourth-order valence-electron chi connectivity index (χ4n) is 1.68. The van der Waals surface area contributed by atoms with Crippen LogP contribution in [0.15, 0.2) is 18.2 Å². The summed E-state index contributed by atoms with van der Waals surface area (Å²) < 4.78 is 0. The van der Waals surface area contributed by atoms with Gasteiger partial charge >= 0.3 is 0 Å². The molecule has 1 aromatic rings. The van der Waals surface area contributed by atoms with Gasteiger partial charge in [-0.2, -0.15) is 0 Å². The van der Waals surface area contributed by atoms with Crippen LogP contribution in [0.4, 0.5) is 0 Å². The van der Waals surface area contributed by atoms with Gasteiger partial charge < -0.3 is 0 Å². The van der Waals surface area contributed by atoms with Crippen LogP contribution in [-0.2, 0) is 17.0 Å². The Morgan fingerprint density at radius 1 is 0.789 bits per heavy atom. The van der Waals surface area contributed by atoms with Crippen molar-refractivity contribution in [1.29, 1.82) is 0 Å². The zero-order valence-corrected chi connectivity index (χ0v) is 15.4. The Labute approximate surface area is 123 Å². The molecule has 0 N–H and O–H groups in total. The summed E-state index contributed by atoms with van der Waals surface area (Å²) >= 11 is 0. The summed E-state index contributed by atoms with van der Waals surface area (Å²) in [5.41, 5.74) is 4.77. The number of benzene rings is 1. The standard InChI is InChI=1S/C15H25P.C3H8/c1-14(2,3)12-7-11(10-16)8-13(9-12)15(4,5)6;1-3-2/h7-9H,10,16H2,1-6H3;3H2,1-2H3. The van der Waals surface area contributed by atoms with Crippen molar-refractivity contribution in [1.82, 2.24) is 0 Å². The summed E-state index contributed by atoms with van der Waals surface area (Å²) in [6.07, 6.45) is 2.28. The second-order valence-electron chi connectivity index (χ2n) is 7.33. The van der Waals surface area contributed by atoms with E-state index in [4.69, 9.17) is 0 Å². The van der Waals surface area contributed by atoms with Gasteiger partial charge in [0, 0.05) is 0 Å². The number of hydrogen-bond acceptors (Lipinski definition) is 0. The lowest BCUT2D eigenvalue weighted by Gasteiger charge is -2.26. The minimum absolute atomic E-state index is 0.232. The molecular weight excluding hydrogens is 247 g/mol. The molecule has 0 aliphatic rings. The summed E-state index contributed by atoms with van der Waals surface area (Å²) in [4.78, 5) is 0. The zero-order valence-electron chi connectivity index (χ0n) is 14.2. The molecule has 0 nitrogen and oxygen atoms in total. The van der Waals surface area contributed by atoms with Crippen LogP contribution < -0.4 is 0 Å². The highest BCUT2D eigenvalue weighted by atomic mass is 31.0.